The van der Waals surface area contributed by atoms with Crippen molar-refractivity contribution >= 4 is 16.8 Å². The second-order valence-corrected chi connectivity index (χ2v) is 9.21. The number of carbonyl (C=O) groups is 1. The van der Waals surface area contributed by atoms with Gasteiger partial charge in [-0.25, -0.2) is 0 Å². The predicted octanol–water partition coefficient (Wildman–Crippen LogP) is 3.61. The first kappa shape index (κ1) is 20.2. The van der Waals surface area contributed by atoms with Crippen molar-refractivity contribution in [2.24, 2.45) is 7.05 Å². The van der Waals surface area contributed by atoms with E-state index >= 15 is 0 Å². The van der Waals surface area contributed by atoms with E-state index in [4.69, 9.17) is 9.84 Å². The second kappa shape index (κ2) is 7.59. The highest BCUT2D eigenvalue weighted by molar-refractivity contribution is 5.99. The maximum Gasteiger partial charge on any atom is 0.219 e. The summed E-state index contributed by atoms with van der Waals surface area (Å²) in [6.07, 6.45) is 5.71. The standard InChI is InChI=1S/C25H28N6O2/c1-15-24(20-5-4-17(10-22(20)27-15)18-11-26-29(3)12-18)25-21-13-30(16(2)32)8-6-23(21)31(28-25)19-7-9-33-14-19/h4-5,10-12,19,27H,6-9,13-14H2,1-3H3/t19-/m0/s1. The molecule has 0 saturated carbocycles. The molecule has 1 N–H and O–H groups in total. The van der Waals surface area contributed by atoms with Crippen molar-refractivity contribution in [3.63, 3.8) is 0 Å². The molecule has 3 aromatic heterocycles. The van der Waals surface area contributed by atoms with Crippen LogP contribution in [0, 0.1) is 6.92 Å². The van der Waals surface area contributed by atoms with E-state index in [0.29, 0.717) is 13.2 Å². The first-order valence-corrected chi connectivity index (χ1v) is 11.5. The molecule has 0 bridgehead atoms. The highest BCUT2D eigenvalue weighted by Gasteiger charge is 2.32. The average Bonchev–Trinajstić information content (AvgIpc) is 3.58. The molecule has 1 saturated heterocycles. The number of hydrogen-bond acceptors (Lipinski definition) is 4. The Hall–Kier alpha value is -3.39. The van der Waals surface area contributed by atoms with Gasteiger partial charge in [0.1, 0.15) is 0 Å². The lowest BCUT2D eigenvalue weighted by Crippen LogP contribution is -2.35. The Labute approximate surface area is 192 Å². The van der Waals surface area contributed by atoms with E-state index in [1.165, 1.54) is 11.3 Å². The first-order valence-electron chi connectivity index (χ1n) is 11.5. The van der Waals surface area contributed by atoms with E-state index in [0.717, 1.165) is 65.0 Å². The minimum Gasteiger partial charge on any atom is -0.379 e. The smallest absolute Gasteiger partial charge is 0.219 e. The van der Waals surface area contributed by atoms with Crippen LogP contribution in [-0.2, 0) is 29.5 Å². The summed E-state index contributed by atoms with van der Waals surface area (Å²) in [5.74, 6) is 0.111. The zero-order valence-electron chi connectivity index (χ0n) is 19.3. The van der Waals surface area contributed by atoms with Gasteiger partial charge in [0.15, 0.2) is 0 Å². The number of amides is 1. The fraction of sp³-hybridized carbons (Fsp3) is 0.400. The number of aromatic nitrogens is 5. The number of ether oxygens (including phenoxy) is 1. The van der Waals surface area contributed by atoms with E-state index in [1.807, 2.05) is 29.0 Å². The number of fused-ring (bicyclic) bond motifs is 2. The van der Waals surface area contributed by atoms with Gasteiger partial charge in [0, 0.05) is 85.3 Å². The molecular formula is C25H28N6O2. The molecule has 1 fully saturated rings. The van der Waals surface area contributed by atoms with Crippen LogP contribution in [0.3, 0.4) is 0 Å². The molecular weight excluding hydrogens is 416 g/mol. The molecule has 0 spiro atoms. The summed E-state index contributed by atoms with van der Waals surface area (Å²) in [7, 11) is 1.93. The molecule has 5 heterocycles. The third-order valence-electron chi connectivity index (χ3n) is 7.04. The van der Waals surface area contributed by atoms with Crippen LogP contribution in [-0.4, -0.2) is 55.1 Å². The minimum atomic E-state index is 0.111. The van der Waals surface area contributed by atoms with Gasteiger partial charge in [0.05, 0.1) is 24.5 Å². The van der Waals surface area contributed by atoms with E-state index in [-0.39, 0.29) is 11.9 Å². The van der Waals surface area contributed by atoms with Crippen LogP contribution >= 0.6 is 0 Å². The zero-order chi connectivity index (χ0) is 22.7. The molecule has 1 atom stereocenters. The lowest BCUT2D eigenvalue weighted by atomic mass is 9.98. The fourth-order valence-corrected chi connectivity index (χ4v) is 5.32. The summed E-state index contributed by atoms with van der Waals surface area (Å²) in [4.78, 5) is 17.7. The second-order valence-electron chi connectivity index (χ2n) is 9.21. The van der Waals surface area contributed by atoms with E-state index in [2.05, 4.69) is 39.9 Å². The number of carbonyl (C=O) groups excluding carboxylic acids is 1. The number of hydrogen-bond donors (Lipinski definition) is 1. The number of nitrogens with zero attached hydrogens (tertiary/aromatic N) is 5. The molecule has 170 valence electrons. The molecule has 0 aliphatic carbocycles. The topological polar surface area (TPSA) is 81.0 Å². The zero-order valence-corrected chi connectivity index (χ0v) is 19.3. The quantitative estimate of drug-likeness (QED) is 0.524. The van der Waals surface area contributed by atoms with E-state index in [9.17, 15) is 4.79 Å². The van der Waals surface area contributed by atoms with Gasteiger partial charge in [0.2, 0.25) is 5.91 Å². The lowest BCUT2D eigenvalue weighted by molar-refractivity contribution is -0.129. The van der Waals surface area contributed by atoms with E-state index < -0.39 is 0 Å². The summed E-state index contributed by atoms with van der Waals surface area (Å²) in [6.45, 7) is 6.57. The molecule has 1 aromatic carbocycles. The normalized spacial score (nSPS) is 18.3. The Balaban J connectivity index is 1.50. The first-order chi connectivity index (χ1) is 16.0. The summed E-state index contributed by atoms with van der Waals surface area (Å²) < 4.78 is 9.68. The van der Waals surface area contributed by atoms with Gasteiger partial charge in [0.25, 0.3) is 0 Å². The van der Waals surface area contributed by atoms with Crippen molar-refractivity contribution in [3.8, 4) is 22.4 Å². The number of aromatic amines is 1. The van der Waals surface area contributed by atoms with Crippen LogP contribution in [0.1, 0.15) is 36.3 Å². The van der Waals surface area contributed by atoms with E-state index in [1.54, 1.807) is 6.92 Å². The van der Waals surface area contributed by atoms with Crippen molar-refractivity contribution in [1.29, 1.82) is 0 Å². The number of benzene rings is 1. The highest BCUT2D eigenvalue weighted by Crippen LogP contribution is 2.39. The van der Waals surface area contributed by atoms with Gasteiger partial charge >= 0.3 is 0 Å². The van der Waals surface area contributed by atoms with Gasteiger partial charge < -0.3 is 14.6 Å². The van der Waals surface area contributed by atoms with Crippen molar-refractivity contribution in [1.82, 2.24) is 29.4 Å². The molecule has 4 aromatic rings. The molecule has 1 amide bonds. The van der Waals surface area contributed by atoms with Crippen LogP contribution in [0.15, 0.2) is 30.6 Å². The summed E-state index contributed by atoms with van der Waals surface area (Å²) >= 11 is 0. The molecule has 0 radical (unpaired) electrons. The molecule has 8 nitrogen and oxygen atoms in total. The van der Waals surface area contributed by atoms with Crippen molar-refractivity contribution in [2.75, 3.05) is 19.8 Å². The average molecular weight is 445 g/mol. The molecule has 2 aliphatic rings. The maximum atomic E-state index is 12.2. The molecule has 2 aliphatic heterocycles. The van der Waals surface area contributed by atoms with Gasteiger partial charge in [-0.05, 0) is 25.0 Å². The Morgan fingerprint density at radius 3 is 2.88 bits per heavy atom. The van der Waals surface area contributed by atoms with Crippen molar-refractivity contribution in [2.45, 2.75) is 39.3 Å². The van der Waals surface area contributed by atoms with Gasteiger partial charge in [-0.15, -0.1) is 0 Å². The third-order valence-corrected chi connectivity index (χ3v) is 7.04. The molecule has 0 unspecified atom stereocenters. The van der Waals surface area contributed by atoms with Crippen LogP contribution in [0.2, 0.25) is 0 Å². The monoisotopic (exact) mass is 444 g/mol. The van der Waals surface area contributed by atoms with Crippen LogP contribution in [0.5, 0.6) is 0 Å². The SMILES string of the molecule is CC(=O)N1CCc2c(c(-c3c(C)[nH]c4cc(-c5cnn(C)c5)ccc34)nn2[C@H]2CCOC2)C1. The Morgan fingerprint density at radius 2 is 2.15 bits per heavy atom. The maximum absolute atomic E-state index is 12.2. The largest absolute Gasteiger partial charge is 0.379 e. The lowest BCUT2D eigenvalue weighted by Gasteiger charge is -2.27. The number of rotatable bonds is 3. The highest BCUT2D eigenvalue weighted by atomic mass is 16.5. The number of nitrogens with one attached hydrogen (secondary N) is 1. The molecule has 6 rings (SSSR count). The Bertz CT molecular complexity index is 1370. The summed E-state index contributed by atoms with van der Waals surface area (Å²) in [6, 6.07) is 6.76. The third kappa shape index (κ3) is 3.28. The number of aryl methyl sites for hydroxylation is 2. The summed E-state index contributed by atoms with van der Waals surface area (Å²) in [5.41, 5.74) is 8.92. The summed E-state index contributed by atoms with van der Waals surface area (Å²) in [5, 5.41) is 10.6. The minimum absolute atomic E-state index is 0.111. The van der Waals surface area contributed by atoms with Crippen molar-refractivity contribution < 1.29 is 9.53 Å². The van der Waals surface area contributed by atoms with Gasteiger partial charge in [-0.2, -0.15) is 10.2 Å². The van der Waals surface area contributed by atoms with Crippen LogP contribution < -0.4 is 0 Å². The molecule has 33 heavy (non-hydrogen) atoms. The van der Waals surface area contributed by atoms with Crippen LogP contribution in [0.4, 0.5) is 0 Å². The fourth-order valence-electron chi connectivity index (χ4n) is 5.32. The van der Waals surface area contributed by atoms with Gasteiger partial charge in [-0.3, -0.25) is 14.2 Å². The number of H-pyrrole nitrogens is 1. The van der Waals surface area contributed by atoms with Gasteiger partial charge in [-0.1, -0.05) is 12.1 Å². The predicted molar refractivity (Wildman–Crippen MR) is 126 cm³/mol. The Morgan fingerprint density at radius 1 is 1.27 bits per heavy atom. The van der Waals surface area contributed by atoms with Crippen LogP contribution in [0.25, 0.3) is 33.3 Å². The molecule has 8 heteroatoms. The van der Waals surface area contributed by atoms with Crippen molar-refractivity contribution in [3.05, 3.63) is 47.5 Å². The Kier molecular flexibility index (Phi) is 4.65.